The maximum absolute atomic E-state index is 13.3. The average molecular weight is 472 g/mol. The Morgan fingerprint density at radius 3 is 2.21 bits per heavy atom. The number of methoxy groups -OCH3 is 1. The van der Waals surface area contributed by atoms with Crippen molar-refractivity contribution in [3.63, 3.8) is 0 Å². The van der Waals surface area contributed by atoms with E-state index in [1.54, 1.807) is 27.9 Å². The minimum atomic E-state index is -0.717. The van der Waals surface area contributed by atoms with Crippen LogP contribution in [0.15, 0.2) is 40.5 Å². The van der Waals surface area contributed by atoms with Gasteiger partial charge in [0, 0.05) is 22.9 Å². The molecule has 1 aliphatic heterocycles. The third-order valence-corrected chi connectivity index (χ3v) is 6.29. The molecule has 1 heterocycles. The molecular weight excluding hydrogens is 430 g/mol. The number of ether oxygens (including phenoxy) is 3. The molecule has 6 heteroatoms. The zero-order valence-corrected chi connectivity index (χ0v) is 21.5. The number of nitrogens with zero attached hydrogens (tertiary/aromatic N) is 1. The number of allylic oxidation sites excluding steroid dienone is 1. The second-order valence-corrected chi connectivity index (χ2v) is 8.81. The molecule has 34 heavy (non-hydrogen) atoms. The molecule has 2 unspecified atom stereocenters. The SMILES string of the molecule is CCCCCCCCCCOC(=O)C1=C(C)N=C(C)C(C(=O)OCC)C1c1ccccc1OC. The van der Waals surface area contributed by atoms with Crippen LogP contribution in [0.1, 0.15) is 90.5 Å². The van der Waals surface area contributed by atoms with Gasteiger partial charge in [-0.05, 0) is 33.3 Å². The van der Waals surface area contributed by atoms with Gasteiger partial charge in [0.15, 0.2) is 0 Å². The van der Waals surface area contributed by atoms with Crippen LogP contribution >= 0.6 is 0 Å². The molecule has 1 aliphatic rings. The predicted octanol–water partition coefficient (Wildman–Crippen LogP) is 6.39. The van der Waals surface area contributed by atoms with Crippen LogP contribution in [0.5, 0.6) is 5.75 Å². The largest absolute Gasteiger partial charge is 0.496 e. The first-order valence-electron chi connectivity index (χ1n) is 12.7. The van der Waals surface area contributed by atoms with Crippen LogP contribution in [0.25, 0.3) is 0 Å². The molecule has 0 saturated carbocycles. The van der Waals surface area contributed by atoms with Crippen molar-refractivity contribution in [2.75, 3.05) is 20.3 Å². The molecule has 1 aromatic rings. The normalized spacial score (nSPS) is 17.9. The van der Waals surface area contributed by atoms with Gasteiger partial charge in [-0.1, -0.05) is 70.1 Å². The topological polar surface area (TPSA) is 74.2 Å². The van der Waals surface area contributed by atoms with E-state index in [4.69, 9.17) is 14.2 Å². The van der Waals surface area contributed by atoms with Gasteiger partial charge in [0.25, 0.3) is 0 Å². The van der Waals surface area contributed by atoms with Gasteiger partial charge in [-0.2, -0.15) is 0 Å². The van der Waals surface area contributed by atoms with Gasteiger partial charge in [0.1, 0.15) is 11.7 Å². The van der Waals surface area contributed by atoms with E-state index < -0.39 is 23.8 Å². The molecule has 0 amide bonds. The number of esters is 2. The lowest BCUT2D eigenvalue weighted by atomic mass is 9.75. The van der Waals surface area contributed by atoms with Crippen molar-refractivity contribution in [1.82, 2.24) is 0 Å². The van der Waals surface area contributed by atoms with E-state index in [-0.39, 0.29) is 6.61 Å². The molecule has 188 valence electrons. The van der Waals surface area contributed by atoms with Gasteiger partial charge in [0.2, 0.25) is 0 Å². The lowest BCUT2D eigenvalue weighted by Crippen LogP contribution is -2.36. The Kier molecular flexibility index (Phi) is 11.9. The fourth-order valence-electron chi connectivity index (χ4n) is 4.58. The summed E-state index contributed by atoms with van der Waals surface area (Å²) in [6.07, 6.45) is 9.36. The second-order valence-electron chi connectivity index (χ2n) is 8.81. The fraction of sp³-hybridized carbons (Fsp3) is 0.607. The fourth-order valence-corrected chi connectivity index (χ4v) is 4.58. The number of rotatable bonds is 14. The Morgan fingerprint density at radius 2 is 1.56 bits per heavy atom. The highest BCUT2D eigenvalue weighted by Gasteiger charge is 2.43. The summed E-state index contributed by atoms with van der Waals surface area (Å²) < 4.78 is 16.6. The van der Waals surface area contributed by atoms with Crippen molar-refractivity contribution in [3.05, 3.63) is 41.1 Å². The molecule has 6 nitrogen and oxygen atoms in total. The Bertz CT molecular complexity index is 873. The number of unbranched alkanes of at least 4 members (excludes halogenated alkanes) is 7. The molecule has 0 aliphatic carbocycles. The lowest BCUT2D eigenvalue weighted by Gasteiger charge is -2.32. The molecule has 0 fully saturated rings. The average Bonchev–Trinajstić information content (AvgIpc) is 2.82. The van der Waals surface area contributed by atoms with E-state index in [2.05, 4.69) is 11.9 Å². The number of hydrogen-bond acceptors (Lipinski definition) is 6. The first-order chi connectivity index (χ1) is 16.5. The maximum Gasteiger partial charge on any atom is 0.336 e. The summed E-state index contributed by atoms with van der Waals surface area (Å²) in [4.78, 5) is 30.8. The van der Waals surface area contributed by atoms with Crippen LogP contribution in [-0.2, 0) is 19.1 Å². The highest BCUT2D eigenvalue weighted by Crippen LogP contribution is 2.43. The number of benzene rings is 1. The zero-order valence-electron chi connectivity index (χ0n) is 21.5. The molecule has 2 rings (SSSR count). The predicted molar refractivity (Wildman–Crippen MR) is 135 cm³/mol. The lowest BCUT2D eigenvalue weighted by molar-refractivity contribution is -0.146. The van der Waals surface area contributed by atoms with Gasteiger partial charge in [-0.15, -0.1) is 0 Å². The summed E-state index contributed by atoms with van der Waals surface area (Å²) in [6, 6.07) is 7.45. The van der Waals surface area contributed by atoms with Crippen molar-refractivity contribution in [2.24, 2.45) is 10.9 Å². The molecule has 0 saturated heterocycles. The van der Waals surface area contributed by atoms with Crippen LogP contribution in [-0.4, -0.2) is 38.0 Å². The molecule has 0 bridgehead atoms. The number of hydrogen-bond donors (Lipinski definition) is 0. The van der Waals surface area contributed by atoms with Gasteiger partial charge < -0.3 is 14.2 Å². The molecule has 1 aromatic carbocycles. The standard InChI is InChI=1S/C28H41NO5/c1-6-8-9-10-11-12-13-16-19-34-28(31)25-21(4)29-20(3)24(27(30)33-7-2)26(25)22-17-14-15-18-23(22)32-5/h14-15,17-18,24,26H,6-13,16,19H2,1-5H3. The Morgan fingerprint density at radius 1 is 0.912 bits per heavy atom. The van der Waals surface area contributed by atoms with Crippen LogP contribution in [0.4, 0.5) is 0 Å². The van der Waals surface area contributed by atoms with Crippen LogP contribution in [0.2, 0.25) is 0 Å². The van der Waals surface area contributed by atoms with Crippen molar-refractivity contribution >= 4 is 17.7 Å². The molecular formula is C28H41NO5. The Hall–Kier alpha value is -2.63. The summed E-state index contributed by atoms with van der Waals surface area (Å²) in [7, 11) is 1.58. The molecule has 0 spiro atoms. The zero-order chi connectivity index (χ0) is 24.9. The third-order valence-electron chi connectivity index (χ3n) is 6.29. The highest BCUT2D eigenvalue weighted by atomic mass is 16.5. The number of aliphatic imine (C=N–C) groups is 1. The summed E-state index contributed by atoms with van der Waals surface area (Å²) in [5.74, 6) is -1.52. The minimum Gasteiger partial charge on any atom is -0.496 e. The van der Waals surface area contributed by atoms with E-state index >= 15 is 0 Å². The number of para-hydroxylation sites is 1. The van der Waals surface area contributed by atoms with Crippen molar-refractivity contribution < 1.29 is 23.8 Å². The van der Waals surface area contributed by atoms with Crippen molar-refractivity contribution in [1.29, 1.82) is 0 Å². The minimum absolute atomic E-state index is 0.252. The van der Waals surface area contributed by atoms with Gasteiger partial charge >= 0.3 is 11.9 Å². The summed E-state index contributed by atoms with van der Waals surface area (Å²) in [5.41, 5.74) is 2.32. The van der Waals surface area contributed by atoms with Crippen molar-refractivity contribution in [2.45, 2.75) is 85.0 Å². The van der Waals surface area contributed by atoms with E-state index in [1.807, 2.05) is 24.3 Å². The summed E-state index contributed by atoms with van der Waals surface area (Å²) in [6.45, 7) is 8.19. The smallest absolute Gasteiger partial charge is 0.336 e. The molecule has 0 aromatic heterocycles. The van der Waals surface area contributed by atoms with Crippen molar-refractivity contribution in [3.8, 4) is 5.75 Å². The second kappa shape index (κ2) is 14.6. The van der Waals surface area contributed by atoms with E-state index in [0.717, 1.165) is 24.8 Å². The monoisotopic (exact) mass is 471 g/mol. The molecule has 0 radical (unpaired) electrons. The third kappa shape index (κ3) is 7.44. The Labute approximate surface area is 204 Å². The van der Waals surface area contributed by atoms with Gasteiger partial charge in [-0.25, -0.2) is 4.79 Å². The quantitative estimate of drug-likeness (QED) is 0.232. The maximum atomic E-state index is 13.3. The molecule has 0 N–H and O–H groups in total. The van der Waals surface area contributed by atoms with E-state index in [9.17, 15) is 9.59 Å². The Balaban J connectivity index is 2.17. The summed E-state index contributed by atoms with van der Waals surface area (Å²) >= 11 is 0. The van der Waals surface area contributed by atoms with Gasteiger partial charge in [0.05, 0.1) is 25.9 Å². The van der Waals surface area contributed by atoms with Gasteiger partial charge in [-0.3, -0.25) is 9.79 Å². The number of carbonyl (C=O) groups excluding carboxylic acids is 2. The first kappa shape index (κ1) is 27.6. The van der Waals surface area contributed by atoms with E-state index in [1.165, 1.54) is 32.1 Å². The molecule has 2 atom stereocenters. The van der Waals surface area contributed by atoms with Crippen LogP contribution in [0.3, 0.4) is 0 Å². The van der Waals surface area contributed by atoms with Crippen LogP contribution in [0, 0.1) is 5.92 Å². The van der Waals surface area contributed by atoms with Crippen LogP contribution < -0.4 is 4.74 Å². The summed E-state index contributed by atoms with van der Waals surface area (Å²) in [5, 5.41) is 0. The first-order valence-corrected chi connectivity index (χ1v) is 12.7. The highest BCUT2D eigenvalue weighted by molar-refractivity contribution is 6.07. The van der Waals surface area contributed by atoms with E-state index in [0.29, 0.717) is 29.3 Å². The number of carbonyl (C=O) groups is 2.